The number of halogens is 1. The second-order valence-corrected chi connectivity index (χ2v) is 7.51. The molecule has 0 saturated carbocycles. The van der Waals surface area contributed by atoms with E-state index in [0.717, 1.165) is 15.1 Å². The molecule has 1 aromatic heterocycles. The molecule has 0 N–H and O–H groups in total. The highest BCUT2D eigenvalue weighted by Gasteiger charge is 2.10. The molecule has 2 aromatic rings. The third kappa shape index (κ3) is 3.93. The van der Waals surface area contributed by atoms with Gasteiger partial charge in [0.1, 0.15) is 5.75 Å². The zero-order chi connectivity index (χ0) is 14.7. The second-order valence-electron chi connectivity index (χ2n) is 5.05. The molecule has 2 rings (SSSR count). The molecule has 0 spiro atoms. The van der Waals surface area contributed by atoms with E-state index in [0.29, 0.717) is 10.8 Å². The molecule has 0 saturated heterocycles. The summed E-state index contributed by atoms with van der Waals surface area (Å²) >= 11 is 4.79. The SMILES string of the molecule is Cc1cc(OCC(=O)c2ccc(Br)s2)cc(C(C)C)c1. The topological polar surface area (TPSA) is 26.3 Å². The number of rotatable bonds is 5. The minimum Gasteiger partial charge on any atom is -0.485 e. The van der Waals surface area contributed by atoms with Crippen molar-refractivity contribution in [3.05, 3.63) is 50.1 Å². The Morgan fingerprint density at radius 1 is 1.30 bits per heavy atom. The summed E-state index contributed by atoms with van der Waals surface area (Å²) in [7, 11) is 0. The maximum Gasteiger partial charge on any atom is 0.210 e. The second kappa shape index (κ2) is 6.55. The Bertz CT molecular complexity index is 617. The van der Waals surface area contributed by atoms with Crippen LogP contribution in [0.15, 0.2) is 34.1 Å². The van der Waals surface area contributed by atoms with Crippen molar-refractivity contribution in [3.63, 3.8) is 0 Å². The Balaban J connectivity index is 2.05. The van der Waals surface area contributed by atoms with Crippen LogP contribution in [0.5, 0.6) is 5.75 Å². The Morgan fingerprint density at radius 2 is 2.05 bits per heavy atom. The van der Waals surface area contributed by atoms with Gasteiger partial charge in [0.25, 0.3) is 0 Å². The number of hydrogen-bond acceptors (Lipinski definition) is 3. The summed E-state index contributed by atoms with van der Waals surface area (Å²) in [5, 5.41) is 0. The van der Waals surface area contributed by atoms with Crippen LogP contribution in [-0.4, -0.2) is 12.4 Å². The van der Waals surface area contributed by atoms with E-state index in [9.17, 15) is 4.79 Å². The van der Waals surface area contributed by atoms with Crippen molar-refractivity contribution < 1.29 is 9.53 Å². The first kappa shape index (κ1) is 15.3. The van der Waals surface area contributed by atoms with Crippen LogP contribution in [0.2, 0.25) is 0 Å². The molecule has 0 aliphatic heterocycles. The van der Waals surface area contributed by atoms with E-state index < -0.39 is 0 Å². The quantitative estimate of drug-likeness (QED) is 0.690. The lowest BCUT2D eigenvalue weighted by Gasteiger charge is -2.11. The highest BCUT2D eigenvalue weighted by atomic mass is 79.9. The number of benzene rings is 1. The smallest absolute Gasteiger partial charge is 0.210 e. The number of hydrogen-bond donors (Lipinski definition) is 0. The van der Waals surface area contributed by atoms with E-state index in [1.54, 1.807) is 0 Å². The van der Waals surface area contributed by atoms with Gasteiger partial charge >= 0.3 is 0 Å². The van der Waals surface area contributed by atoms with Crippen LogP contribution in [0.25, 0.3) is 0 Å². The van der Waals surface area contributed by atoms with Crippen LogP contribution >= 0.6 is 27.3 Å². The predicted octanol–water partition coefficient (Wildman–Crippen LogP) is 5.20. The van der Waals surface area contributed by atoms with Gasteiger partial charge < -0.3 is 4.74 Å². The van der Waals surface area contributed by atoms with E-state index in [-0.39, 0.29) is 12.4 Å². The molecular weight excluding hydrogens is 336 g/mol. The minimum absolute atomic E-state index is 0.00769. The average Bonchev–Trinajstić information content (AvgIpc) is 2.82. The zero-order valence-electron chi connectivity index (χ0n) is 11.8. The van der Waals surface area contributed by atoms with E-state index in [1.165, 1.54) is 16.9 Å². The molecule has 1 heterocycles. The van der Waals surface area contributed by atoms with Crippen LogP contribution in [0, 0.1) is 6.92 Å². The number of thiophene rings is 1. The van der Waals surface area contributed by atoms with E-state index in [4.69, 9.17) is 4.74 Å². The monoisotopic (exact) mass is 352 g/mol. The van der Waals surface area contributed by atoms with Gasteiger partial charge in [-0.05, 0) is 64.2 Å². The molecule has 2 nitrogen and oxygen atoms in total. The summed E-state index contributed by atoms with van der Waals surface area (Å²) in [5.41, 5.74) is 2.38. The lowest BCUT2D eigenvalue weighted by molar-refractivity contribution is 0.0925. The van der Waals surface area contributed by atoms with Crippen molar-refractivity contribution in [1.82, 2.24) is 0 Å². The Labute approximate surface area is 131 Å². The molecule has 0 amide bonds. The van der Waals surface area contributed by atoms with Gasteiger partial charge in [0.2, 0.25) is 5.78 Å². The Hall–Kier alpha value is -1.13. The number of carbonyl (C=O) groups is 1. The molecule has 0 aliphatic carbocycles. The molecule has 0 unspecified atom stereocenters. The molecule has 0 atom stereocenters. The van der Waals surface area contributed by atoms with Gasteiger partial charge in [0, 0.05) is 0 Å². The van der Waals surface area contributed by atoms with Gasteiger partial charge in [0.05, 0.1) is 8.66 Å². The lowest BCUT2D eigenvalue weighted by atomic mass is 10.0. The number of aryl methyl sites for hydroxylation is 1. The standard InChI is InChI=1S/C16H17BrO2S/c1-10(2)12-6-11(3)7-13(8-12)19-9-14(18)15-4-5-16(17)20-15/h4-8,10H,9H2,1-3H3. The number of Topliss-reactive ketones (excluding diaryl/α,β-unsaturated/α-hetero) is 1. The maximum atomic E-state index is 12.0. The number of ether oxygens (including phenoxy) is 1. The summed E-state index contributed by atoms with van der Waals surface area (Å²) in [6.45, 7) is 6.41. The first-order chi connectivity index (χ1) is 9.45. The third-order valence-electron chi connectivity index (χ3n) is 2.96. The van der Waals surface area contributed by atoms with Gasteiger partial charge in [-0.25, -0.2) is 0 Å². The Kier molecular flexibility index (Phi) is 5.00. The maximum absolute atomic E-state index is 12.0. The molecule has 0 fully saturated rings. The fourth-order valence-corrected chi connectivity index (χ4v) is 3.19. The normalized spacial score (nSPS) is 10.8. The van der Waals surface area contributed by atoms with Crippen LogP contribution in [0.3, 0.4) is 0 Å². The predicted molar refractivity (Wildman–Crippen MR) is 87.1 cm³/mol. The molecule has 106 valence electrons. The fraction of sp³-hybridized carbons (Fsp3) is 0.312. The van der Waals surface area contributed by atoms with E-state index >= 15 is 0 Å². The Morgan fingerprint density at radius 3 is 2.65 bits per heavy atom. The number of carbonyl (C=O) groups excluding carboxylic acids is 1. The first-order valence-electron chi connectivity index (χ1n) is 6.48. The summed E-state index contributed by atoms with van der Waals surface area (Å²) in [4.78, 5) is 12.7. The molecule has 0 radical (unpaired) electrons. The lowest BCUT2D eigenvalue weighted by Crippen LogP contribution is -2.10. The van der Waals surface area contributed by atoms with Gasteiger partial charge in [-0.2, -0.15) is 0 Å². The van der Waals surface area contributed by atoms with Crippen molar-refractivity contribution in [1.29, 1.82) is 0 Å². The van der Waals surface area contributed by atoms with Gasteiger partial charge in [-0.1, -0.05) is 19.9 Å². The summed E-state index contributed by atoms with van der Waals surface area (Å²) in [5.74, 6) is 1.21. The summed E-state index contributed by atoms with van der Waals surface area (Å²) in [6, 6.07) is 9.81. The van der Waals surface area contributed by atoms with Gasteiger partial charge in [-0.3, -0.25) is 4.79 Å². The molecule has 4 heteroatoms. The molecule has 0 bridgehead atoms. The molecule has 1 aromatic carbocycles. The zero-order valence-corrected chi connectivity index (χ0v) is 14.2. The summed E-state index contributed by atoms with van der Waals surface area (Å²) in [6.07, 6.45) is 0. The van der Waals surface area contributed by atoms with E-state index in [2.05, 4.69) is 35.8 Å². The highest BCUT2D eigenvalue weighted by Crippen LogP contribution is 2.24. The fourth-order valence-electron chi connectivity index (χ4n) is 1.88. The van der Waals surface area contributed by atoms with Gasteiger partial charge in [0.15, 0.2) is 6.61 Å². The van der Waals surface area contributed by atoms with Crippen LogP contribution in [0.4, 0.5) is 0 Å². The summed E-state index contributed by atoms with van der Waals surface area (Å²) < 4.78 is 6.60. The first-order valence-corrected chi connectivity index (χ1v) is 8.09. The molecular formula is C16H17BrO2S. The highest BCUT2D eigenvalue weighted by molar-refractivity contribution is 9.11. The molecule has 0 aliphatic rings. The van der Waals surface area contributed by atoms with Gasteiger partial charge in [-0.15, -0.1) is 11.3 Å². The van der Waals surface area contributed by atoms with Crippen molar-refractivity contribution in [2.75, 3.05) is 6.61 Å². The van der Waals surface area contributed by atoms with Crippen LogP contribution in [-0.2, 0) is 0 Å². The van der Waals surface area contributed by atoms with E-state index in [1.807, 2.05) is 31.2 Å². The van der Waals surface area contributed by atoms with Crippen molar-refractivity contribution in [3.8, 4) is 5.75 Å². The largest absolute Gasteiger partial charge is 0.485 e. The van der Waals surface area contributed by atoms with Crippen LogP contribution < -0.4 is 4.74 Å². The van der Waals surface area contributed by atoms with Crippen molar-refractivity contribution >= 4 is 33.0 Å². The number of ketones is 1. The minimum atomic E-state index is 0.00769. The van der Waals surface area contributed by atoms with Crippen molar-refractivity contribution in [2.45, 2.75) is 26.7 Å². The van der Waals surface area contributed by atoms with Crippen LogP contribution in [0.1, 0.15) is 40.6 Å². The molecule has 20 heavy (non-hydrogen) atoms. The van der Waals surface area contributed by atoms with Crippen molar-refractivity contribution in [2.24, 2.45) is 0 Å². The average molecular weight is 353 g/mol. The third-order valence-corrected chi connectivity index (χ3v) is 4.62.